The Kier molecular flexibility index (Phi) is 7.11. The number of methoxy groups -OCH3 is 1. The first-order chi connectivity index (χ1) is 12.9. The van der Waals surface area contributed by atoms with Crippen LogP contribution in [0.3, 0.4) is 0 Å². The quantitative estimate of drug-likeness (QED) is 0.773. The Morgan fingerprint density at radius 1 is 1.30 bits per heavy atom. The van der Waals surface area contributed by atoms with Crippen LogP contribution in [0.5, 0.6) is 5.75 Å². The summed E-state index contributed by atoms with van der Waals surface area (Å²) in [6.07, 6.45) is -1.47. The van der Waals surface area contributed by atoms with Crippen LogP contribution in [0.2, 0.25) is 5.02 Å². The average Bonchev–Trinajstić information content (AvgIpc) is 2.65. The molecular weight excluding hydrogens is 378 g/mol. The van der Waals surface area contributed by atoms with Gasteiger partial charge >= 0.3 is 0 Å². The molecule has 0 saturated carbocycles. The summed E-state index contributed by atoms with van der Waals surface area (Å²) in [5.41, 5.74) is 0.431. The van der Waals surface area contributed by atoms with E-state index in [4.69, 9.17) is 26.3 Å². The Hall–Kier alpha value is -2.69. The van der Waals surface area contributed by atoms with Crippen LogP contribution in [0.25, 0.3) is 0 Å². The van der Waals surface area contributed by atoms with E-state index in [1.54, 1.807) is 19.1 Å². The molecule has 0 fully saturated rings. The highest BCUT2D eigenvalue weighted by Crippen LogP contribution is 2.28. The lowest BCUT2D eigenvalue weighted by Gasteiger charge is -2.19. The number of hydrogen-bond donors (Lipinski definition) is 1. The number of carbonyl (C=O) groups is 1. The van der Waals surface area contributed by atoms with Gasteiger partial charge in [0, 0.05) is 30.3 Å². The smallest absolute Gasteiger partial charge is 0.254 e. The molecule has 0 radical (unpaired) electrons. The molecule has 27 heavy (non-hydrogen) atoms. The molecule has 1 unspecified atom stereocenters. The van der Waals surface area contributed by atoms with Crippen LogP contribution in [0.15, 0.2) is 30.3 Å². The van der Waals surface area contributed by atoms with Crippen molar-refractivity contribution in [1.29, 1.82) is 5.26 Å². The lowest BCUT2D eigenvalue weighted by atomic mass is 10.1. The summed E-state index contributed by atoms with van der Waals surface area (Å²) >= 11 is 6.07. The minimum absolute atomic E-state index is 0.00577. The normalized spacial score (nSPS) is 11.6. The fourth-order valence-corrected chi connectivity index (χ4v) is 2.67. The molecule has 8 heteroatoms. The number of ether oxygens (including phenoxy) is 2. The Bertz CT molecular complexity index is 861. The lowest BCUT2D eigenvalue weighted by molar-refractivity contribution is -0.133. The lowest BCUT2D eigenvalue weighted by Crippen LogP contribution is -2.31. The van der Waals surface area contributed by atoms with E-state index in [1.165, 1.54) is 13.2 Å². The van der Waals surface area contributed by atoms with Gasteiger partial charge in [-0.2, -0.15) is 5.26 Å². The highest BCUT2D eigenvalue weighted by Gasteiger charge is 2.28. The third-order valence-corrected chi connectivity index (χ3v) is 4.11. The van der Waals surface area contributed by atoms with Gasteiger partial charge < -0.3 is 14.8 Å². The summed E-state index contributed by atoms with van der Waals surface area (Å²) in [4.78, 5) is 12.5. The summed E-state index contributed by atoms with van der Waals surface area (Å²) < 4.78 is 38.7. The molecular formula is C19H17ClF2N2O3. The van der Waals surface area contributed by atoms with Crippen LogP contribution < -0.4 is 10.1 Å². The zero-order valence-electron chi connectivity index (χ0n) is 14.7. The fraction of sp³-hybridized carbons (Fsp3) is 0.263. The second-order valence-electron chi connectivity index (χ2n) is 5.48. The van der Waals surface area contributed by atoms with Gasteiger partial charge in [-0.15, -0.1) is 0 Å². The zero-order chi connectivity index (χ0) is 20.0. The molecule has 2 aromatic rings. The number of halogens is 3. The van der Waals surface area contributed by atoms with Crippen molar-refractivity contribution in [2.24, 2.45) is 0 Å². The maximum atomic E-state index is 14.3. The van der Waals surface area contributed by atoms with Gasteiger partial charge in [0.25, 0.3) is 5.91 Å². The summed E-state index contributed by atoms with van der Waals surface area (Å²) in [5, 5.41) is 11.7. The van der Waals surface area contributed by atoms with Gasteiger partial charge in [0.05, 0.1) is 24.3 Å². The molecule has 0 aliphatic rings. The number of nitrogens with one attached hydrogen (secondary N) is 1. The number of amides is 1. The molecule has 0 spiro atoms. The van der Waals surface area contributed by atoms with Crippen LogP contribution >= 0.6 is 11.6 Å². The minimum atomic E-state index is -1.47. The topological polar surface area (TPSA) is 71.3 Å². The van der Waals surface area contributed by atoms with E-state index in [2.05, 4.69) is 5.32 Å². The SMILES string of the molecule is CCOC(C(=O)NCc1ccc(C#N)cc1Cl)c1c(F)cc(OC)cc1F. The zero-order valence-corrected chi connectivity index (χ0v) is 15.4. The van der Waals surface area contributed by atoms with E-state index in [0.717, 1.165) is 12.1 Å². The van der Waals surface area contributed by atoms with Gasteiger partial charge in [0.1, 0.15) is 17.4 Å². The molecule has 2 aromatic carbocycles. The Balaban J connectivity index is 2.22. The predicted molar refractivity (Wildman–Crippen MR) is 95.3 cm³/mol. The number of carbonyl (C=O) groups excluding carboxylic acids is 1. The highest BCUT2D eigenvalue weighted by molar-refractivity contribution is 6.31. The van der Waals surface area contributed by atoms with Crippen LogP contribution in [0.4, 0.5) is 8.78 Å². The molecule has 0 heterocycles. The molecule has 0 saturated heterocycles. The molecule has 0 aliphatic heterocycles. The summed E-state index contributed by atoms with van der Waals surface area (Å²) in [6.45, 7) is 1.68. The Labute approximate surface area is 160 Å². The van der Waals surface area contributed by atoms with E-state index in [9.17, 15) is 13.6 Å². The van der Waals surface area contributed by atoms with E-state index >= 15 is 0 Å². The van der Waals surface area contributed by atoms with Gasteiger partial charge in [-0.25, -0.2) is 8.78 Å². The summed E-state index contributed by atoms with van der Waals surface area (Å²) in [5.74, 6) is -2.62. The predicted octanol–water partition coefficient (Wildman–Crippen LogP) is 3.89. The molecule has 1 N–H and O–H groups in total. The van der Waals surface area contributed by atoms with Crippen LogP contribution in [0, 0.1) is 23.0 Å². The van der Waals surface area contributed by atoms with Gasteiger partial charge in [-0.3, -0.25) is 4.79 Å². The van der Waals surface area contributed by atoms with E-state index in [0.29, 0.717) is 16.1 Å². The largest absolute Gasteiger partial charge is 0.497 e. The number of nitriles is 1. The molecule has 142 valence electrons. The fourth-order valence-electron chi connectivity index (χ4n) is 2.42. The van der Waals surface area contributed by atoms with Crippen molar-refractivity contribution in [2.45, 2.75) is 19.6 Å². The maximum absolute atomic E-state index is 14.3. The summed E-state index contributed by atoms with van der Waals surface area (Å²) in [7, 11) is 1.28. The molecule has 0 bridgehead atoms. The second kappa shape index (κ2) is 9.31. The van der Waals surface area contributed by atoms with Gasteiger partial charge in [0.15, 0.2) is 6.10 Å². The van der Waals surface area contributed by atoms with Crippen LogP contribution in [-0.4, -0.2) is 19.6 Å². The van der Waals surface area contributed by atoms with Crippen molar-refractivity contribution in [2.75, 3.05) is 13.7 Å². The first-order valence-corrected chi connectivity index (χ1v) is 8.39. The first kappa shape index (κ1) is 20.6. The molecule has 1 atom stereocenters. The van der Waals surface area contributed by atoms with E-state index < -0.39 is 29.2 Å². The number of hydrogen-bond acceptors (Lipinski definition) is 4. The third kappa shape index (κ3) is 4.94. The van der Waals surface area contributed by atoms with Crippen molar-refractivity contribution in [3.63, 3.8) is 0 Å². The molecule has 0 aliphatic carbocycles. The molecule has 2 rings (SSSR count). The van der Waals surface area contributed by atoms with Crippen LogP contribution in [-0.2, 0) is 16.1 Å². The van der Waals surface area contributed by atoms with Crippen molar-refractivity contribution >= 4 is 17.5 Å². The van der Waals surface area contributed by atoms with Gasteiger partial charge in [0.2, 0.25) is 0 Å². The number of benzene rings is 2. The summed E-state index contributed by atoms with van der Waals surface area (Å²) in [6, 6.07) is 8.52. The molecule has 0 aromatic heterocycles. The van der Waals surface area contributed by atoms with E-state index in [-0.39, 0.29) is 18.9 Å². The Morgan fingerprint density at radius 3 is 2.48 bits per heavy atom. The molecule has 5 nitrogen and oxygen atoms in total. The minimum Gasteiger partial charge on any atom is -0.497 e. The molecule has 1 amide bonds. The standard InChI is InChI=1S/C19H17ClF2N2O3/c1-3-27-18(17-15(21)7-13(26-2)8-16(17)22)19(25)24-10-12-5-4-11(9-23)6-14(12)20/h4-8,18H,3,10H2,1-2H3,(H,24,25). The van der Waals surface area contributed by atoms with Crippen molar-refractivity contribution in [3.8, 4) is 11.8 Å². The van der Waals surface area contributed by atoms with Crippen molar-refractivity contribution < 1.29 is 23.0 Å². The third-order valence-electron chi connectivity index (χ3n) is 3.76. The van der Waals surface area contributed by atoms with Gasteiger partial charge in [-0.1, -0.05) is 17.7 Å². The number of nitrogens with zero attached hydrogens (tertiary/aromatic N) is 1. The average molecular weight is 395 g/mol. The monoisotopic (exact) mass is 394 g/mol. The Morgan fingerprint density at radius 2 is 1.96 bits per heavy atom. The van der Waals surface area contributed by atoms with Crippen molar-refractivity contribution in [1.82, 2.24) is 5.32 Å². The number of rotatable bonds is 7. The first-order valence-electron chi connectivity index (χ1n) is 8.02. The second-order valence-corrected chi connectivity index (χ2v) is 5.88. The van der Waals surface area contributed by atoms with Crippen molar-refractivity contribution in [3.05, 3.63) is 63.7 Å². The van der Waals surface area contributed by atoms with Gasteiger partial charge in [-0.05, 0) is 24.6 Å². The van der Waals surface area contributed by atoms with Crippen LogP contribution in [0.1, 0.15) is 29.7 Å². The highest BCUT2D eigenvalue weighted by atomic mass is 35.5. The maximum Gasteiger partial charge on any atom is 0.254 e. The van der Waals surface area contributed by atoms with E-state index in [1.807, 2.05) is 6.07 Å².